The highest BCUT2D eigenvalue weighted by molar-refractivity contribution is 6.00. The number of nitrogen functional groups attached to an aromatic ring is 1. The van der Waals surface area contributed by atoms with Crippen LogP contribution in [-0.2, 0) is 4.84 Å². The first kappa shape index (κ1) is 21.0. The number of nitrogens with two attached hydrogens (primary N) is 1. The summed E-state index contributed by atoms with van der Waals surface area (Å²) in [6.07, 6.45) is 0. The number of benzene rings is 1. The van der Waals surface area contributed by atoms with E-state index in [9.17, 15) is 9.90 Å². The first-order valence-electron chi connectivity index (χ1n) is 8.31. The fourth-order valence-electron chi connectivity index (χ4n) is 2.10. The highest BCUT2D eigenvalue weighted by atomic mass is 16.7. The predicted octanol–water partition coefficient (Wildman–Crippen LogP) is 0.401. The van der Waals surface area contributed by atoms with Gasteiger partial charge in [0, 0.05) is 5.56 Å². The molecule has 0 aliphatic rings. The van der Waals surface area contributed by atoms with Crippen LogP contribution < -0.4 is 16.0 Å². The van der Waals surface area contributed by atoms with E-state index in [0.29, 0.717) is 11.1 Å². The van der Waals surface area contributed by atoms with Gasteiger partial charge in [0.25, 0.3) is 5.91 Å². The van der Waals surface area contributed by atoms with Gasteiger partial charge in [0.15, 0.2) is 5.82 Å². The lowest BCUT2D eigenvalue weighted by atomic mass is 10.1. The summed E-state index contributed by atoms with van der Waals surface area (Å²) in [5.74, 6) is -0.948. The minimum atomic E-state index is -1.15. The molecule has 0 aliphatic heterocycles. The molecule has 148 valence electrons. The number of hydroxylamine groups is 1. The molecular weight excluding hydrogens is 366 g/mol. The number of aromatic nitrogens is 2. The normalized spacial score (nSPS) is 11.0. The van der Waals surface area contributed by atoms with E-state index in [-0.39, 0.29) is 42.9 Å². The Bertz CT molecular complexity index is 889. The number of nitrogens with zero attached hydrogens (tertiary/aromatic N) is 3. The third-order valence-corrected chi connectivity index (χ3v) is 3.30. The highest BCUT2D eigenvalue weighted by Crippen LogP contribution is 2.26. The van der Waals surface area contributed by atoms with E-state index in [1.54, 1.807) is 24.3 Å². The van der Waals surface area contributed by atoms with Crippen molar-refractivity contribution < 1.29 is 24.6 Å². The van der Waals surface area contributed by atoms with Crippen LogP contribution in [-0.4, -0.2) is 51.5 Å². The number of aliphatic hydroxyl groups is 2. The summed E-state index contributed by atoms with van der Waals surface area (Å²) in [5, 5.41) is 27.7. The zero-order valence-electron chi connectivity index (χ0n) is 15.5. The van der Waals surface area contributed by atoms with Crippen molar-refractivity contribution in [2.24, 2.45) is 0 Å². The van der Waals surface area contributed by atoms with Crippen molar-refractivity contribution in [3.63, 3.8) is 0 Å². The number of hydrogen-bond acceptors (Lipinski definition) is 9. The first-order chi connectivity index (χ1) is 13.2. The van der Waals surface area contributed by atoms with Gasteiger partial charge in [-0.15, -0.1) is 0 Å². The zero-order chi connectivity index (χ0) is 20.7. The molecule has 2 aromatic rings. The lowest BCUT2D eigenvalue weighted by molar-refractivity contribution is -0.0523. The van der Waals surface area contributed by atoms with E-state index in [0.717, 1.165) is 0 Å². The van der Waals surface area contributed by atoms with Gasteiger partial charge in [-0.25, -0.2) is 10.5 Å². The second-order valence-corrected chi connectivity index (χ2v) is 6.41. The second kappa shape index (κ2) is 9.09. The van der Waals surface area contributed by atoms with Gasteiger partial charge in [-0.3, -0.25) is 9.63 Å². The van der Waals surface area contributed by atoms with Gasteiger partial charge in [0.2, 0.25) is 5.88 Å². The van der Waals surface area contributed by atoms with E-state index in [1.807, 2.05) is 6.07 Å². The average Bonchev–Trinajstić information content (AvgIpc) is 2.64. The third kappa shape index (κ3) is 5.62. The average molecular weight is 387 g/mol. The fourth-order valence-corrected chi connectivity index (χ4v) is 2.10. The predicted molar refractivity (Wildman–Crippen MR) is 98.9 cm³/mol. The number of ether oxygens (including phenoxy) is 1. The van der Waals surface area contributed by atoms with Crippen LogP contribution in [0.4, 0.5) is 5.82 Å². The van der Waals surface area contributed by atoms with Crippen molar-refractivity contribution in [1.29, 1.82) is 5.26 Å². The van der Waals surface area contributed by atoms with Gasteiger partial charge in [-0.1, -0.05) is 12.1 Å². The molecule has 0 saturated carbocycles. The van der Waals surface area contributed by atoms with Crippen molar-refractivity contribution in [3.8, 4) is 23.3 Å². The maximum Gasteiger partial charge on any atom is 0.284 e. The minimum absolute atomic E-state index is 0.126. The Kier molecular flexibility index (Phi) is 6.84. The Labute approximate surface area is 161 Å². The molecule has 0 spiro atoms. The largest absolute Gasteiger partial charge is 0.475 e. The van der Waals surface area contributed by atoms with Crippen molar-refractivity contribution in [2.45, 2.75) is 19.4 Å². The van der Waals surface area contributed by atoms with Crippen LogP contribution in [0.25, 0.3) is 11.4 Å². The summed E-state index contributed by atoms with van der Waals surface area (Å²) in [6, 6.07) is 8.54. The van der Waals surface area contributed by atoms with E-state index < -0.39 is 11.5 Å². The molecule has 10 heteroatoms. The van der Waals surface area contributed by atoms with Crippen molar-refractivity contribution in [1.82, 2.24) is 15.4 Å². The molecule has 1 aromatic heterocycles. The van der Waals surface area contributed by atoms with Gasteiger partial charge in [0.1, 0.15) is 24.6 Å². The molecule has 28 heavy (non-hydrogen) atoms. The second-order valence-electron chi connectivity index (χ2n) is 6.41. The standard InChI is InChI=1S/C18H21N5O5/c1-18(2,26)10-28-23-16(25)13-14(20)21-15(22-17(13)27-7-6-24)12-5-3-4-11(8-12)9-19/h3-5,8,24,26H,6-7,10H2,1-2H3,(H,23,25)(H2,20,21,22). The molecule has 5 N–H and O–H groups in total. The quantitative estimate of drug-likeness (QED) is 0.469. The number of carbonyl (C=O) groups is 1. The molecule has 0 radical (unpaired) electrons. The minimum Gasteiger partial charge on any atom is -0.475 e. The van der Waals surface area contributed by atoms with Crippen molar-refractivity contribution in [3.05, 3.63) is 35.4 Å². The molecule has 1 heterocycles. The summed E-state index contributed by atoms with van der Waals surface area (Å²) < 4.78 is 5.34. The molecular formula is C18H21N5O5. The summed E-state index contributed by atoms with van der Waals surface area (Å²) >= 11 is 0. The van der Waals surface area contributed by atoms with E-state index >= 15 is 0 Å². The van der Waals surface area contributed by atoms with Gasteiger partial charge in [0.05, 0.1) is 23.8 Å². The van der Waals surface area contributed by atoms with Gasteiger partial charge < -0.3 is 20.7 Å². The lowest BCUT2D eigenvalue weighted by Gasteiger charge is -2.17. The molecule has 0 atom stereocenters. The molecule has 1 aromatic carbocycles. The van der Waals surface area contributed by atoms with Crippen LogP contribution >= 0.6 is 0 Å². The monoisotopic (exact) mass is 387 g/mol. The molecule has 0 fully saturated rings. The molecule has 1 amide bonds. The molecule has 0 aliphatic carbocycles. The Morgan fingerprint density at radius 3 is 2.79 bits per heavy atom. The molecule has 0 saturated heterocycles. The van der Waals surface area contributed by atoms with Crippen LogP contribution in [0.5, 0.6) is 5.88 Å². The van der Waals surface area contributed by atoms with Crippen LogP contribution in [0.15, 0.2) is 24.3 Å². The zero-order valence-corrected chi connectivity index (χ0v) is 15.5. The number of aliphatic hydroxyl groups excluding tert-OH is 1. The number of carbonyl (C=O) groups excluding carboxylic acids is 1. The number of amides is 1. The van der Waals surface area contributed by atoms with Crippen LogP contribution in [0, 0.1) is 11.3 Å². The maximum atomic E-state index is 12.4. The van der Waals surface area contributed by atoms with Crippen LogP contribution in [0.3, 0.4) is 0 Å². The summed E-state index contributed by atoms with van der Waals surface area (Å²) in [5.41, 5.74) is 7.66. The number of nitrogens with one attached hydrogen (secondary N) is 1. The molecule has 0 bridgehead atoms. The molecule has 0 unspecified atom stereocenters. The lowest BCUT2D eigenvalue weighted by Crippen LogP contribution is -2.34. The SMILES string of the molecule is CC(C)(O)CONC(=O)c1c(N)nc(-c2cccc(C#N)c2)nc1OCCO. The summed E-state index contributed by atoms with van der Waals surface area (Å²) in [4.78, 5) is 25.7. The van der Waals surface area contributed by atoms with Crippen LogP contribution in [0.1, 0.15) is 29.8 Å². The number of anilines is 1. The maximum absolute atomic E-state index is 12.4. The smallest absolute Gasteiger partial charge is 0.284 e. The van der Waals surface area contributed by atoms with Gasteiger partial charge in [-0.05, 0) is 26.0 Å². The van der Waals surface area contributed by atoms with E-state index in [4.69, 9.17) is 25.7 Å². The Hall–Kier alpha value is -3.26. The van der Waals surface area contributed by atoms with E-state index in [1.165, 1.54) is 13.8 Å². The summed E-state index contributed by atoms with van der Waals surface area (Å²) in [7, 11) is 0. The third-order valence-electron chi connectivity index (χ3n) is 3.30. The summed E-state index contributed by atoms with van der Waals surface area (Å²) in [6.45, 7) is 2.43. The Balaban J connectivity index is 2.37. The van der Waals surface area contributed by atoms with E-state index in [2.05, 4.69) is 15.4 Å². The number of rotatable bonds is 8. The van der Waals surface area contributed by atoms with Crippen LogP contribution in [0.2, 0.25) is 0 Å². The Morgan fingerprint density at radius 2 is 2.14 bits per heavy atom. The molecule has 10 nitrogen and oxygen atoms in total. The van der Waals surface area contributed by atoms with Gasteiger partial charge >= 0.3 is 0 Å². The first-order valence-corrected chi connectivity index (χ1v) is 8.31. The van der Waals surface area contributed by atoms with Gasteiger partial charge in [-0.2, -0.15) is 10.2 Å². The van der Waals surface area contributed by atoms with Crippen molar-refractivity contribution in [2.75, 3.05) is 25.6 Å². The number of hydrogen-bond donors (Lipinski definition) is 4. The number of nitriles is 1. The highest BCUT2D eigenvalue weighted by Gasteiger charge is 2.23. The fraction of sp³-hybridized carbons (Fsp3) is 0.333. The molecule has 2 rings (SSSR count). The topological polar surface area (TPSA) is 164 Å². The Morgan fingerprint density at radius 1 is 1.39 bits per heavy atom. The van der Waals surface area contributed by atoms with Crippen molar-refractivity contribution >= 4 is 11.7 Å².